The van der Waals surface area contributed by atoms with Crippen molar-refractivity contribution in [2.45, 2.75) is 290 Å². The zero-order chi connectivity index (χ0) is 89.8. The Balaban J connectivity index is 1.03. The van der Waals surface area contributed by atoms with Crippen molar-refractivity contribution < 1.29 is 232 Å². The predicted molar refractivity (Wildman–Crippen MR) is 416 cm³/mol. The average molecular weight is 1910 g/mol. The van der Waals surface area contributed by atoms with E-state index >= 15 is 0 Å². The molecule has 26 heterocycles. The molecule has 704 valence electrons. The average Bonchev–Trinajstić information content (AvgIpc) is 1.50. The van der Waals surface area contributed by atoms with Crippen LogP contribution >= 0.6 is 82.3 Å². The Morgan fingerprint density at radius 2 is 0.423 bits per heavy atom. The molecule has 1 aliphatic carbocycles. The summed E-state index contributed by atoms with van der Waals surface area (Å²) in [5.74, 6) is -14.9. The van der Waals surface area contributed by atoms with Crippen LogP contribution in [0.25, 0.3) is 0 Å². The second kappa shape index (κ2) is 46.4. The molecule has 47 nitrogen and oxygen atoms in total. The van der Waals surface area contributed by atoms with E-state index in [4.69, 9.17) is 75.8 Å². The zero-order valence-corrected chi connectivity index (χ0v) is 70.6. The third kappa shape index (κ3) is 25.4. The van der Waals surface area contributed by atoms with Crippen LogP contribution in [0.15, 0.2) is 0 Å². The number of hydrogen-bond acceptors (Lipinski definition) is 46. The van der Waals surface area contributed by atoms with Gasteiger partial charge in [-0.1, -0.05) is 0 Å². The summed E-state index contributed by atoms with van der Waals surface area (Å²) in [6.45, 7) is 0. The molecule has 54 heteroatoms. The smallest absolute Gasteiger partial charge is 0.344 e. The molecule has 27 rings (SSSR count). The molecule has 0 amide bonds. The first-order chi connectivity index (χ1) is 58.3. The van der Waals surface area contributed by atoms with Crippen LogP contribution in [-0.2, 0) is 114 Å². The van der Waals surface area contributed by atoms with Crippen molar-refractivity contribution in [2.24, 2.45) is 0 Å². The minimum absolute atomic E-state index is 0.156. The maximum absolute atomic E-state index is 13.8. The van der Waals surface area contributed by atoms with Gasteiger partial charge in [-0.2, -0.15) is 82.3 Å². The molecular formula is C69H104O47S7. The summed E-state index contributed by atoms with van der Waals surface area (Å²) in [6.07, 6.45) is -80.5. The summed E-state index contributed by atoms with van der Waals surface area (Å²) in [5, 5.41) is 261. The van der Waals surface area contributed by atoms with Gasteiger partial charge in [-0.25, -0.2) is 4.79 Å². The Kier molecular flexibility index (Phi) is 38.5. The highest BCUT2D eigenvalue weighted by Gasteiger charge is 2.83. The number of thioether (sulfide) groups is 7. The first-order valence-corrected chi connectivity index (χ1v) is 46.9. The fourth-order valence-electron chi connectivity index (χ4n) is 14.9. The third-order valence-corrected chi connectivity index (χ3v) is 28.9. The van der Waals surface area contributed by atoms with E-state index in [-0.39, 0.29) is 63.3 Å². The summed E-state index contributed by atoms with van der Waals surface area (Å²) in [7, 11) is 0. The largest absolute Gasteiger partial charge is 0.481 e. The number of aliphatic hydroxyl groups excluding tert-OH is 14. The van der Waals surface area contributed by atoms with Crippen molar-refractivity contribution in [2.75, 3.05) is 80.5 Å². The Bertz CT molecular complexity index is 3470. The quantitative estimate of drug-likeness (QED) is 0.0259. The van der Waals surface area contributed by atoms with Crippen molar-refractivity contribution >= 4 is 130 Å². The first kappa shape index (κ1) is 102. The number of ether oxygens (including phenoxy) is 16. The van der Waals surface area contributed by atoms with Gasteiger partial charge in [-0.15, -0.1) is 0 Å². The molecular weight excluding hydrogens is 1810 g/mol. The number of rotatable bonds is 36. The number of carboxylic acids is 8. The van der Waals surface area contributed by atoms with Gasteiger partial charge in [0.25, 0.3) is 0 Å². The van der Waals surface area contributed by atoms with Gasteiger partial charge in [0.2, 0.25) is 11.9 Å². The topological polar surface area (TPSA) is 750 Å². The molecule has 0 aromatic heterocycles. The van der Waals surface area contributed by atoms with E-state index in [0.29, 0.717) is 0 Å². The van der Waals surface area contributed by atoms with Gasteiger partial charge in [-0.3, -0.25) is 33.6 Å². The standard InChI is InChI=1S/C69H104O47S7/c70-31(71)1-8-117-16-23-52-38(84)45(91)59(101-23)110-53-24(17-118-9-2-32(72)73)103-61(47(93)40(53)86)112-55-26(19-120-11-4-34(76)77)105-63(49(95)42(55)88)114-57-28(21-122-13-6-36(80)81)107-65(51(97)44(57)90)116-68-15-30(68)108-67(69(68,100)66(98)99)115-58-29(22-123-14-7-37(82)83)106-64(50(96)43(58)89)113-56-27(20-121-12-5-35(78)79)104-62(48(94)41(56)87)111-54-25(18-119-10-3-33(74)75)102-60(109-52)46(92)39(54)85/h23-30,38-65,67,84-97,100H,1-22H2,(H,70,71)(H,72,73)(H,74,75)(H,76,77)(H,78,79)(H,80,81)(H,82,83)(H,98,99)/t23-,24-,25-,26-,27-,28-,29-,30?,38-,39-,40-,41-,42-,43-,44-,45-,46-,47-,48-,49-,50-,51-,52-,53-,54-,55-,56-,57-,58-,59-,60-,61-,62-,63-,64-,65-,67-,68-,69?/m1/s1. The van der Waals surface area contributed by atoms with Crippen molar-refractivity contribution in [1.82, 2.24) is 0 Å². The van der Waals surface area contributed by atoms with Crippen LogP contribution in [0.5, 0.6) is 0 Å². The Labute approximate surface area is 728 Å². The van der Waals surface area contributed by atoms with E-state index < -0.39 is 355 Å². The van der Waals surface area contributed by atoms with Gasteiger partial charge in [0.05, 0.1) is 93.8 Å². The highest BCUT2D eigenvalue weighted by molar-refractivity contribution is 8.00. The van der Waals surface area contributed by atoms with Gasteiger partial charge in [-0.05, 0) is 0 Å². The van der Waals surface area contributed by atoms with Crippen LogP contribution in [0.1, 0.15) is 51.4 Å². The molecule has 16 bridgehead atoms. The number of aliphatic hydroxyl groups is 15. The molecule has 1 spiro atoms. The van der Waals surface area contributed by atoms with E-state index in [1.54, 1.807) is 0 Å². The second-order valence-electron chi connectivity index (χ2n) is 30.1. The van der Waals surface area contributed by atoms with Crippen LogP contribution in [0.4, 0.5) is 0 Å². The monoisotopic (exact) mass is 1910 g/mol. The zero-order valence-electron chi connectivity index (χ0n) is 64.9. The van der Waals surface area contributed by atoms with Crippen LogP contribution < -0.4 is 0 Å². The van der Waals surface area contributed by atoms with Crippen LogP contribution in [0, 0.1) is 0 Å². The molecule has 39 atom stereocenters. The fourth-order valence-corrected chi connectivity index (χ4v) is 21.8. The van der Waals surface area contributed by atoms with Gasteiger partial charge in [0.1, 0.15) is 134 Å². The van der Waals surface area contributed by atoms with Crippen molar-refractivity contribution in [3.8, 4) is 0 Å². The van der Waals surface area contributed by atoms with E-state index in [0.717, 1.165) is 82.3 Å². The van der Waals surface area contributed by atoms with E-state index in [1.807, 2.05) is 0 Å². The Morgan fingerprint density at radius 3 is 0.610 bits per heavy atom. The fraction of sp³-hybridized carbons (Fsp3) is 0.884. The van der Waals surface area contributed by atoms with Gasteiger partial charge in [0.15, 0.2) is 44.0 Å². The highest BCUT2D eigenvalue weighted by Crippen LogP contribution is 2.61. The molecule has 23 N–H and O–H groups in total. The summed E-state index contributed by atoms with van der Waals surface area (Å²) < 4.78 is 99.4. The lowest BCUT2D eigenvalue weighted by atomic mass is 9.92. The van der Waals surface area contributed by atoms with Gasteiger partial charge >= 0.3 is 47.8 Å². The maximum atomic E-state index is 13.8. The van der Waals surface area contributed by atoms with Gasteiger partial charge in [0, 0.05) is 87.0 Å². The Morgan fingerprint density at radius 1 is 0.244 bits per heavy atom. The normalized spacial score (nSPS) is 43.5. The van der Waals surface area contributed by atoms with Crippen LogP contribution in [0.3, 0.4) is 0 Å². The van der Waals surface area contributed by atoms with Crippen molar-refractivity contribution in [3.63, 3.8) is 0 Å². The van der Waals surface area contributed by atoms with E-state index in [9.17, 15) is 156 Å². The van der Waals surface area contributed by atoms with Crippen molar-refractivity contribution in [1.29, 1.82) is 0 Å². The molecule has 27 fully saturated rings. The summed E-state index contributed by atoms with van der Waals surface area (Å²) in [6, 6.07) is 0. The highest BCUT2D eigenvalue weighted by atomic mass is 32.2. The Hall–Kier alpha value is -3.03. The molecule has 26 saturated heterocycles. The summed E-state index contributed by atoms with van der Waals surface area (Å²) in [4.78, 5) is 96.1. The number of hydrogen-bond donors (Lipinski definition) is 23. The minimum atomic E-state index is -3.47. The number of aliphatic carboxylic acids is 8. The molecule has 26 aliphatic heterocycles. The lowest BCUT2D eigenvalue weighted by Crippen LogP contribution is -2.68. The predicted octanol–water partition coefficient (Wildman–Crippen LogP) is -8.02. The van der Waals surface area contributed by atoms with Crippen LogP contribution in [0.2, 0.25) is 0 Å². The lowest BCUT2D eigenvalue weighted by molar-refractivity contribution is -0.391. The lowest BCUT2D eigenvalue weighted by Gasteiger charge is -2.50. The summed E-state index contributed by atoms with van der Waals surface area (Å²) in [5.41, 5.74) is -6.03. The number of carboxylic acid groups (broad SMARTS) is 8. The van der Waals surface area contributed by atoms with Gasteiger partial charge < -0.3 is 193 Å². The molecule has 0 aromatic carbocycles. The van der Waals surface area contributed by atoms with Crippen molar-refractivity contribution in [3.05, 3.63) is 0 Å². The SMILES string of the molecule is O=C(O)CCSC[C@H]1O[C@@H]2O[C@]34CC3O[C@H](O[C@H]3[C@H](O)[C@@H](O)[C@@H](O[C@H]5[C@H](O)[C@@H](O)[C@@H](O[C@H]6[C@H](O)[C@@H](O)[C@@H](O[C@H]7[C@H](O)[C@@H](O)[C@@H](O[C@H]8[C@H](O)[C@@H](O)[C@@H](O[C@H]9[C@H](O)[C@@H](O)[C@@H](O[C@H]1[C@H](O)[C@H]2O)O[C@@H]9CSCCC(=O)O)O[C@@H]8CSCCC(=O)O)O[C@@H]7CSCCC(=O)O)O[C@@H]6CSCCC(=O)O)O[C@@H]5CSCCC(=O)O)O[C@@H]3CSCCC(=O)O)C4(O)C(=O)O. The molecule has 1 saturated carbocycles. The third-order valence-electron chi connectivity index (χ3n) is 21.5. The molecule has 0 aromatic rings. The molecule has 0 radical (unpaired) electrons. The molecule has 2 unspecified atom stereocenters. The van der Waals surface area contributed by atoms with E-state index in [1.165, 1.54) is 0 Å². The number of carbonyl (C=O) groups is 8. The second-order valence-corrected chi connectivity index (χ2v) is 38.2. The summed E-state index contributed by atoms with van der Waals surface area (Å²) >= 11 is 6.07. The minimum Gasteiger partial charge on any atom is -0.481 e. The first-order valence-electron chi connectivity index (χ1n) is 38.8. The van der Waals surface area contributed by atoms with E-state index in [2.05, 4.69) is 0 Å². The molecule has 123 heavy (non-hydrogen) atoms. The van der Waals surface area contributed by atoms with Crippen LogP contribution in [-0.4, -0.2) is 484 Å². The molecule has 27 aliphatic rings. The maximum Gasteiger partial charge on any atom is 0.344 e.